The van der Waals surface area contributed by atoms with Crippen molar-refractivity contribution in [2.45, 2.75) is 0 Å². The third kappa shape index (κ3) is 6.26. The second-order valence-electron chi connectivity index (χ2n) is 13.6. The Kier molecular flexibility index (Phi) is 8.12. The molecule has 4 heteroatoms. The van der Waals surface area contributed by atoms with Crippen LogP contribution in [0.15, 0.2) is 205 Å². The molecule has 0 fully saturated rings. The van der Waals surface area contributed by atoms with Crippen molar-refractivity contribution < 1.29 is 4.42 Å². The highest BCUT2D eigenvalue weighted by molar-refractivity contribution is 6.13. The highest BCUT2D eigenvalue weighted by Gasteiger charge is 2.18. The van der Waals surface area contributed by atoms with Gasteiger partial charge in [-0.05, 0) is 68.8 Å². The summed E-state index contributed by atoms with van der Waals surface area (Å²) in [4.78, 5) is 15.3. The van der Waals surface area contributed by atoms with Crippen molar-refractivity contribution in [2.75, 3.05) is 0 Å². The van der Waals surface area contributed by atoms with E-state index in [9.17, 15) is 0 Å². The summed E-state index contributed by atoms with van der Waals surface area (Å²) in [6, 6.07) is 69.3. The van der Waals surface area contributed by atoms with Crippen LogP contribution in [0.1, 0.15) is 0 Å². The molecule has 0 unspecified atom stereocenters. The van der Waals surface area contributed by atoms with Gasteiger partial charge < -0.3 is 4.42 Å². The first-order chi connectivity index (χ1) is 27.2. The van der Waals surface area contributed by atoms with E-state index in [1.807, 2.05) is 30.3 Å². The molecule has 0 spiro atoms. The zero-order chi connectivity index (χ0) is 36.6. The summed E-state index contributed by atoms with van der Waals surface area (Å²) in [6.45, 7) is 0. The van der Waals surface area contributed by atoms with Gasteiger partial charge in [0.25, 0.3) is 0 Å². The van der Waals surface area contributed by atoms with Crippen LogP contribution in [-0.2, 0) is 0 Å². The van der Waals surface area contributed by atoms with E-state index in [0.717, 1.165) is 83.1 Å². The van der Waals surface area contributed by atoms with Gasteiger partial charge >= 0.3 is 0 Å². The number of para-hydroxylation sites is 1. The number of hydrogen-bond donors (Lipinski definition) is 0. The lowest BCUT2D eigenvalue weighted by Crippen LogP contribution is -2.00. The van der Waals surface area contributed by atoms with Crippen molar-refractivity contribution >= 4 is 21.9 Å². The molecule has 0 amide bonds. The lowest BCUT2D eigenvalue weighted by Gasteiger charge is -2.12. The number of hydrogen-bond acceptors (Lipinski definition) is 4. The first-order valence-electron chi connectivity index (χ1n) is 18.4. The average molecular weight is 704 g/mol. The molecule has 0 aliphatic rings. The van der Waals surface area contributed by atoms with Crippen LogP contribution in [0.25, 0.3) is 101 Å². The molecule has 0 aliphatic heterocycles. The largest absolute Gasteiger partial charge is 0.456 e. The van der Waals surface area contributed by atoms with E-state index < -0.39 is 0 Å². The molecule has 258 valence electrons. The van der Waals surface area contributed by atoms with Crippen LogP contribution in [0.4, 0.5) is 0 Å². The maximum Gasteiger partial charge on any atom is 0.164 e. The van der Waals surface area contributed by atoms with Crippen molar-refractivity contribution in [3.63, 3.8) is 0 Å². The molecule has 10 aromatic rings. The molecule has 2 heterocycles. The molecular weight excluding hydrogens is 671 g/mol. The van der Waals surface area contributed by atoms with Crippen LogP contribution in [0.5, 0.6) is 0 Å². The first-order valence-corrected chi connectivity index (χ1v) is 18.4. The maximum atomic E-state index is 6.46. The minimum absolute atomic E-state index is 0.605. The summed E-state index contributed by atoms with van der Waals surface area (Å²) in [5.74, 6) is 1.84. The Hall–Kier alpha value is -7.43. The lowest BCUT2D eigenvalue weighted by molar-refractivity contribution is 0.669. The van der Waals surface area contributed by atoms with Crippen LogP contribution in [-0.4, -0.2) is 15.0 Å². The predicted molar refractivity (Wildman–Crippen MR) is 225 cm³/mol. The highest BCUT2D eigenvalue weighted by Crippen LogP contribution is 2.41. The zero-order valence-electron chi connectivity index (χ0n) is 29.8. The van der Waals surface area contributed by atoms with Gasteiger partial charge in [-0.2, -0.15) is 0 Å². The van der Waals surface area contributed by atoms with Gasteiger partial charge in [0.15, 0.2) is 17.5 Å². The summed E-state index contributed by atoms with van der Waals surface area (Å²) >= 11 is 0. The van der Waals surface area contributed by atoms with Crippen LogP contribution < -0.4 is 0 Å². The fourth-order valence-electron chi connectivity index (χ4n) is 7.35. The van der Waals surface area contributed by atoms with E-state index >= 15 is 0 Å². The second-order valence-corrected chi connectivity index (χ2v) is 13.6. The number of rotatable bonds is 7. The quantitative estimate of drug-likeness (QED) is 0.166. The molecule has 0 saturated heterocycles. The van der Waals surface area contributed by atoms with Gasteiger partial charge in [-0.25, -0.2) is 15.0 Å². The Labute approximate surface area is 319 Å². The Morgan fingerprint density at radius 2 is 0.691 bits per heavy atom. The van der Waals surface area contributed by atoms with Gasteiger partial charge in [0, 0.05) is 27.5 Å². The van der Waals surface area contributed by atoms with E-state index in [2.05, 4.69) is 170 Å². The summed E-state index contributed by atoms with van der Waals surface area (Å²) < 4.78 is 6.46. The van der Waals surface area contributed by atoms with Crippen LogP contribution in [0, 0.1) is 0 Å². The minimum atomic E-state index is 0.605. The van der Waals surface area contributed by atoms with Gasteiger partial charge in [0.05, 0.1) is 0 Å². The summed E-state index contributed by atoms with van der Waals surface area (Å²) in [5.41, 5.74) is 13.4. The normalized spacial score (nSPS) is 11.3. The first kappa shape index (κ1) is 32.2. The van der Waals surface area contributed by atoms with E-state index in [-0.39, 0.29) is 0 Å². The SMILES string of the molecule is c1ccc(-c2ccc(-c3nc(-c4ccc(-c5ccccc5)cc4)nc(-c4cccc(-c5cc(-c6ccccc6)cc6oc7ccccc7c56)c4)n3)cc2)cc1. The zero-order valence-corrected chi connectivity index (χ0v) is 29.8. The lowest BCUT2D eigenvalue weighted by atomic mass is 9.93. The second kappa shape index (κ2) is 13.8. The molecule has 2 aromatic heterocycles. The monoisotopic (exact) mass is 703 g/mol. The van der Waals surface area contributed by atoms with E-state index in [4.69, 9.17) is 19.4 Å². The molecular formula is C51H33N3O. The molecule has 0 N–H and O–H groups in total. The number of aromatic nitrogens is 3. The smallest absolute Gasteiger partial charge is 0.164 e. The van der Waals surface area contributed by atoms with Crippen LogP contribution in [0.3, 0.4) is 0 Å². The third-order valence-corrected chi connectivity index (χ3v) is 10.2. The van der Waals surface area contributed by atoms with Gasteiger partial charge in [-0.3, -0.25) is 0 Å². The number of benzene rings is 8. The molecule has 10 rings (SSSR count). The summed E-state index contributed by atoms with van der Waals surface area (Å²) in [6.07, 6.45) is 0. The van der Waals surface area contributed by atoms with Gasteiger partial charge in [-0.15, -0.1) is 0 Å². The predicted octanol–water partition coefficient (Wildman–Crippen LogP) is 13.4. The molecule has 0 atom stereocenters. The third-order valence-electron chi connectivity index (χ3n) is 10.2. The molecule has 55 heavy (non-hydrogen) atoms. The Bertz CT molecular complexity index is 2840. The minimum Gasteiger partial charge on any atom is -0.456 e. The Morgan fingerprint density at radius 3 is 1.25 bits per heavy atom. The fraction of sp³-hybridized carbons (Fsp3) is 0. The molecule has 0 radical (unpaired) electrons. The summed E-state index contributed by atoms with van der Waals surface area (Å²) in [5, 5.41) is 2.17. The van der Waals surface area contributed by atoms with Gasteiger partial charge in [0.1, 0.15) is 11.2 Å². The topological polar surface area (TPSA) is 51.8 Å². The molecule has 0 saturated carbocycles. The van der Waals surface area contributed by atoms with Crippen LogP contribution >= 0.6 is 0 Å². The number of furan rings is 1. The van der Waals surface area contributed by atoms with E-state index in [1.165, 1.54) is 0 Å². The van der Waals surface area contributed by atoms with Crippen molar-refractivity contribution in [1.29, 1.82) is 0 Å². The van der Waals surface area contributed by atoms with Gasteiger partial charge in [0.2, 0.25) is 0 Å². The standard InChI is InChI=1S/C51H33N3O/c1-4-13-34(14-5-1)37-23-27-39(28-24-37)49-52-50(40-29-25-38(26-30-40)35-15-6-2-7-16-35)54-51(53-49)42-20-12-19-41(31-42)45-32-43(36-17-8-3-9-18-36)33-47-48(45)44-21-10-11-22-46(44)55-47/h1-33H. The van der Waals surface area contributed by atoms with Crippen LogP contribution in [0.2, 0.25) is 0 Å². The maximum absolute atomic E-state index is 6.46. The van der Waals surface area contributed by atoms with Crippen molar-refractivity contribution in [3.05, 3.63) is 200 Å². The number of nitrogens with zero attached hydrogens (tertiary/aromatic N) is 3. The molecule has 8 aromatic carbocycles. The van der Waals surface area contributed by atoms with Crippen molar-refractivity contribution in [1.82, 2.24) is 15.0 Å². The fourth-order valence-corrected chi connectivity index (χ4v) is 7.35. The van der Waals surface area contributed by atoms with E-state index in [0.29, 0.717) is 17.5 Å². The van der Waals surface area contributed by atoms with E-state index in [1.54, 1.807) is 0 Å². The highest BCUT2D eigenvalue weighted by atomic mass is 16.3. The molecule has 0 bridgehead atoms. The van der Waals surface area contributed by atoms with Crippen molar-refractivity contribution in [3.8, 4) is 78.7 Å². The Balaban J connectivity index is 1.12. The number of fused-ring (bicyclic) bond motifs is 3. The molecule has 0 aliphatic carbocycles. The summed E-state index contributed by atoms with van der Waals surface area (Å²) in [7, 11) is 0. The average Bonchev–Trinajstić information content (AvgIpc) is 3.66. The van der Waals surface area contributed by atoms with Crippen molar-refractivity contribution in [2.24, 2.45) is 0 Å². The van der Waals surface area contributed by atoms with Gasteiger partial charge in [-0.1, -0.05) is 176 Å². The molecule has 4 nitrogen and oxygen atoms in total. The Morgan fingerprint density at radius 1 is 0.273 bits per heavy atom.